The van der Waals surface area contributed by atoms with Crippen LogP contribution in [0.15, 0.2) is 30.3 Å². The Morgan fingerprint density at radius 3 is 2.64 bits per heavy atom. The lowest BCUT2D eigenvalue weighted by atomic mass is 9.87. The van der Waals surface area contributed by atoms with E-state index in [1.807, 2.05) is 13.0 Å². The van der Waals surface area contributed by atoms with Crippen molar-refractivity contribution < 1.29 is 14.4 Å². The monoisotopic (exact) mass is 299 g/mol. The molecule has 1 aliphatic rings. The van der Waals surface area contributed by atoms with E-state index in [9.17, 15) is 14.4 Å². The summed E-state index contributed by atoms with van der Waals surface area (Å²) in [6.07, 6.45) is 5.45. The Balaban J connectivity index is 2.24. The fourth-order valence-corrected chi connectivity index (χ4v) is 2.48. The Morgan fingerprint density at radius 2 is 2.05 bits per heavy atom. The molecular formula is C16H17N3O3. The highest BCUT2D eigenvalue weighted by Crippen LogP contribution is 2.32. The van der Waals surface area contributed by atoms with Crippen molar-refractivity contribution >= 4 is 17.8 Å². The second kappa shape index (κ2) is 6.31. The second-order valence-electron chi connectivity index (χ2n) is 4.93. The number of nitrogens with one attached hydrogen (secondary N) is 2. The third-order valence-corrected chi connectivity index (χ3v) is 3.66. The number of carbonyl (C=O) groups excluding carboxylic acids is 3. The predicted molar refractivity (Wildman–Crippen MR) is 80.5 cm³/mol. The number of hydrogen-bond donors (Lipinski definition) is 2. The summed E-state index contributed by atoms with van der Waals surface area (Å²) in [4.78, 5) is 37.4. The van der Waals surface area contributed by atoms with Gasteiger partial charge >= 0.3 is 6.03 Å². The molecule has 2 N–H and O–H groups in total. The molecule has 0 radical (unpaired) electrons. The molecule has 1 fully saturated rings. The summed E-state index contributed by atoms with van der Waals surface area (Å²) < 4.78 is 0. The number of amides is 4. The van der Waals surface area contributed by atoms with Crippen LogP contribution in [-0.4, -0.2) is 35.8 Å². The number of terminal acetylenes is 1. The van der Waals surface area contributed by atoms with Crippen molar-refractivity contribution in [3.63, 3.8) is 0 Å². The van der Waals surface area contributed by atoms with E-state index in [0.717, 1.165) is 4.90 Å². The van der Waals surface area contributed by atoms with E-state index >= 15 is 0 Å². The van der Waals surface area contributed by atoms with Crippen LogP contribution < -0.4 is 10.6 Å². The van der Waals surface area contributed by atoms with Crippen molar-refractivity contribution in [2.24, 2.45) is 0 Å². The first-order valence-electron chi connectivity index (χ1n) is 6.95. The van der Waals surface area contributed by atoms with Gasteiger partial charge in [0.05, 0.1) is 6.54 Å². The van der Waals surface area contributed by atoms with Gasteiger partial charge in [-0.3, -0.25) is 14.5 Å². The van der Waals surface area contributed by atoms with Crippen LogP contribution in [0.1, 0.15) is 18.9 Å². The summed E-state index contributed by atoms with van der Waals surface area (Å²) >= 11 is 0. The van der Waals surface area contributed by atoms with Crippen LogP contribution in [-0.2, 0) is 15.1 Å². The molecule has 4 amide bonds. The molecule has 1 aromatic carbocycles. The number of urea groups is 1. The number of imide groups is 1. The molecule has 2 rings (SSSR count). The van der Waals surface area contributed by atoms with Gasteiger partial charge in [0, 0.05) is 0 Å². The molecule has 6 nitrogen and oxygen atoms in total. The Bertz CT molecular complexity index is 636. The van der Waals surface area contributed by atoms with E-state index in [1.54, 1.807) is 24.3 Å². The van der Waals surface area contributed by atoms with Crippen molar-refractivity contribution in [2.45, 2.75) is 18.9 Å². The van der Waals surface area contributed by atoms with Gasteiger partial charge in [0.2, 0.25) is 5.91 Å². The topological polar surface area (TPSA) is 78.5 Å². The molecule has 1 heterocycles. The zero-order valence-electron chi connectivity index (χ0n) is 12.3. The minimum Gasteiger partial charge on any atom is -0.344 e. The molecular weight excluding hydrogens is 282 g/mol. The highest BCUT2D eigenvalue weighted by molar-refractivity contribution is 6.09. The summed E-state index contributed by atoms with van der Waals surface area (Å²) in [7, 11) is 0. The minimum atomic E-state index is -1.12. The zero-order valence-corrected chi connectivity index (χ0v) is 12.3. The van der Waals surface area contributed by atoms with Crippen LogP contribution in [0.2, 0.25) is 0 Å². The molecule has 114 valence electrons. The van der Waals surface area contributed by atoms with Crippen molar-refractivity contribution in [1.82, 2.24) is 15.5 Å². The lowest BCUT2D eigenvalue weighted by molar-refractivity contribution is -0.135. The van der Waals surface area contributed by atoms with Crippen molar-refractivity contribution in [3.8, 4) is 12.3 Å². The lowest BCUT2D eigenvalue weighted by Crippen LogP contribution is -2.44. The largest absolute Gasteiger partial charge is 0.344 e. The van der Waals surface area contributed by atoms with Crippen LogP contribution in [0.5, 0.6) is 0 Å². The van der Waals surface area contributed by atoms with Gasteiger partial charge in [-0.1, -0.05) is 43.2 Å². The van der Waals surface area contributed by atoms with Gasteiger partial charge in [0.15, 0.2) is 0 Å². The molecule has 0 aromatic heterocycles. The molecule has 0 spiro atoms. The van der Waals surface area contributed by atoms with E-state index in [2.05, 4.69) is 16.6 Å². The number of carbonyl (C=O) groups is 3. The molecule has 22 heavy (non-hydrogen) atoms. The van der Waals surface area contributed by atoms with Gasteiger partial charge in [-0.2, -0.15) is 0 Å². The van der Waals surface area contributed by atoms with Crippen molar-refractivity contribution in [1.29, 1.82) is 0 Å². The molecule has 1 saturated heterocycles. The quantitative estimate of drug-likeness (QED) is 0.617. The van der Waals surface area contributed by atoms with Crippen LogP contribution in [0.4, 0.5) is 4.79 Å². The third kappa shape index (κ3) is 2.66. The fraction of sp³-hybridized carbons (Fsp3) is 0.312. The Morgan fingerprint density at radius 1 is 1.36 bits per heavy atom. The fourth-order valence-electron chi connectivity index (χ4n) is 2.48. The minimum absolute atomic E-state index is 0.0556. The van der Waals surface area contributed by atoms with Crippen molar-refractivity contribution in [3.05, 3.63) is 35.9 Å². The van der Waals surface area contributed by atoms with Gasteiger partial charge in [0.1, 0.15) is 12.1 Å². The molecule has 0 bridgehead atoms. The molecule has 1 atom stereocenters. The second-order valence-corrected chi connectivity index (χ2v) is 4.93. The highest BCUT2D eigenvalue weighted by Gasteiger charge is 2.51. The Kier molecular flexibility index (Phi) is 4.47. The molecule has 1 aliphatic heterocycles. The number of benzene rings is 1. The van der Waals surface area contributed by atoms with E-state index in [4.69, 9.17) is 6.42 Å². The van der Waals surface area contributed by atoms with Crippen molar-refractivity contribution in [2.75, 3.05) is 13.1 Å². The predicted octanol–water partition coefficient (Wildman–Crippen LogP) is 0.593. The van der Waals surface area contributed by atoms with Crippen LogP contribution in [0.25, 0.3) is 0 Å². The summed E-state index contributed by atoms with van der Waals surface area (Å²) in [5.74, 6) is 1.36. The van der Waals surface area contributed by atoms with Crippen LogP contribution in [0, 0.1) is 12.3 Å². The van der Waals surface area contributed by atoms with Gasteiger partial charge in [-0.25, -0.2) is 4.79 Å². The SMILES string of the molecule is C#CCNC(=O)CN1C(=O)N[C@](CC)(c2ccccc2)C1=O. The van der Waals surface area contributed by atoms with Crippen LogP contribution >= 0.6 is 0 Å². The molecule has 0 unspecified atom stereocenters. The van der Waals surface area contributed by atoms with Crippen LogP contribution in [0.3, 0.4) is 0 Å². The Labute approximate surface area is 128 Å². The van der Waals surface area contributed by atoms with Gasteiger partial charge in [-0.15, -0.1) is 6.42 Å². The smallest absolute Gasteiger partial charge is 0.325 e. The van der Waals surface area contributed by atoms with E-state index in [0.29, 0.717) is 12.0 Å². The molecule has 0 saturated carbocycles. The van der Waals surface area contributed by atoms with E-state index in [-0.39, 0.29) is 13.1 Å². The first kappa shape index (κ1) is 15.6. The number of rotatable bonds is 5. The first-order chi connectivity index (χ1) is 10.5. The lowest BCUT2D eigenvalue weighted by Gasteiger charge is -2.25. The van der Waals surface area contributed by atoms with E-state index < -0.39 is 23.4 Å². The van der Waals surface area contributed by atoms with Gasteiger partial charge < -0.3 is 10.6 Å². The summed E-state index contributed by atoms with van der Waals surface area (Å²) in [5, 5.41) is 5.15. The summed E-state index contributed by atoms with van der Waals surface area (Å²) in [5.41, 5.74) is -0.424. The normalized spacial score (nSPS) is 20.5. The number of hydrogen-bond acceptors (Lipinski definition) is 3. The average molecular weight is 299 g/mol. The summed E-state index contributed by atoms with van der Waals surface area (Å²) in [6.45, 7) is 1.52. The maximum absolute atomic E-state index is 12.7. The van der Waals surface area contributed by atoms with Gasteiger partial charge in [0.25, 0.3) is 5.91 Å². The highest BCUT2D eigenvalue weighted by atomic mass is 16.2. The molecule has 1 aromatic rings. The standard InChI is InChI=1S/C16H17N3O3/c1-3-10-17-13(20)11-19-14(21)16(4-2,18-15(19)22)12-8-6-5-7-9-12/h1,5-9H,4,10-11H2,2H3,(H,17,20)(H,18,22)/t16-/m1/s1. The molecule has 0 aliphatic carbocycles. The maximum atomic E-state index is 12.7. The third-order valence-electron chi connectivity index (χ3n) is 3.66. The molecule has 6 heteroatoms. The maximum Gasteiger partial charge on any atom is 0.325 e. The van der Waals surface area contributed by atoms with Gasteiger partial charge in [-0.05, 0) is 12.0 Å². The number of nitrogens with zero attached hydrogens (tertiary/aromatic N) is 1. The average Bonchev–Trinajstić information content (AvgIpc) is 2.79. The zero-order chi connectivity index (χ0) is 16.2. The Hall–Kier alpha value is -2.81. The summed E-state index contributed by atoms with van der Waals surface area (Å²) in [6, 6.07) is 8.42. The first-order valence-corrected chi connectivity index (χ1v) is 6.95. The van der Waals surface area contributed by atoms with E-state index in [1.165, 1.54) is 0 Å².